The van der Waals surface area contributed by atoms with Gasteiger partial charge < -0.3 is 14.2 Å². The monoisotopic (exact) mass is 359 g/mol. The third-order valence-electron chi connectivity index (χ3n) is 4.25. The van der Waals surface area contributed by atoms with Crippen LogP contribution in [-0.2, 0) is 0 Å². The molecule has 3 heterocycles. The fraction of sp³-hybridized carbons (Fsp3) is 0.471. The van der Waals surface area contributed by atoms with Gasteiger partial charge in [-0.15, -0.1) is 0 Å². The molecule has 9 heteroatoms. The minimum absolute atomic E-state index is 0.00914. The maximum Gasteiger partial charge on any atom is 0.433 e. The molecule has 0 saturated carbocycles. The van der Waals surface area contributed by atoms with Crippen molar-refractivity contribution in [2.24, 2.45) is 0 Å². The van der Waals surface area contributed by atoms with E-state index in [-0.39, 0.29) is 17.6 Å². The summed E-state index contributed by atoms with van der Waals surface area (Å²) >= 11 is 0. The van der Waals surface area contributed by atoms with Crippen molar-refractivity contribution in [3.8, 4) is 0 Å². The van der Waals surface area contributed by atoms with E-state index in [0.29, 0.717) is 26.2 Å². The molecule has 0 unspecified atom stereocenters. The molecule has 26 heavy (non-hydrogen) atoms. The van der Waals surface area contributed by atoms with Crippen LogP contribution in [0.2, 0.25) is 0 Å². The van der Waals surface area contributed by atoms with Crippen LogP contribution in [0.4, 0.5) is 11.7 Å². The van der Waals surface area contributed by atoms with E-state index >= 15 is 0 Å². The molecule has 2 aromatic rings. The first-order valence-electron chi connectivity index (χ1n) is 8.49. The van der Waals surface area contributed by atoms with E-state index in [4.69, 9.17) is 4.42 Å². The Balaban J connectivity index is 1.67. The number of amides is 1. The number of carbonyl (C=O) groups is 1. The van der Waals surface area contributed by atoms with Crippen LogP contribution < -0.4 is 4.90 Å². The Hall–Kier alpha value is -2.97. The van der Waals surface area contributed by atoms with Crippen LogP contribution in [0.3, 0.4) is 0 Å². The van der Waals surface area contributed by atoms with Crippen molar-refractivity contribution in [3.05, 3.63) is 45.6 Å². The first-order chi connectivity index (χ1) is 12.3. The molecule has 2 aromatic heterocycles. The molecule has 0 aromatic carbocycles. The van der Waals surface area contributed by atoms with Crippen LogP contribution in [0, 0.1) is 17.0 Å². The molecule has 1 amide bonds. The smallest absolute Gasteiger partial charge is 0.395 e. The van der Waals surface area contributed by atoms with E-state index in [1.165, 1.54) is 12.1 Å². The molecular weight excluding hydrogens is 338 g/mol. The third kappa shape index (κ3) is 3.66. The summed E-state index contributed by atoms with van der Waals surface area (Å²) in [5.74, 6) is 1.14. The number of nitro groups is 1. The summed E-state index contributed by atoms with van der Waals surface area (Å²) in [4.78, 5) is 35.3. The quantitative estimate of drug-likeness (QED) is 0.609. The Labute approximate surface area is 150 Å². The summed E-state index contributed by atoms with van der Waals surface area (Å²) < 4.78 is 5.00. The van der Waals surface area contributed by atoms with Gasteiger partial charge in [0.05, 0.1) is 6.07 Å². The fourth-order valence-electron chi connectivity index (χ4n) is 2.83. The molecule has 1 saturated heterocycles. The molecule has 0 N–H and O–H groups in total. The van der Waals surface area contributed by atoms with Gasteiger partial charge in [-0.05, 0) is 13.0 Å². The number of anilines is 1. The molecule has 0 aliphatic carbocycles. The van der Waals surface area contributed by atoms with Crippen molar-refractivity contribution in [2.45, 2.75) is 26.7 Å². The number of hydrogen-bond donors (Lipinski definition) is 0. The molecule has 0 spiro atoms. The molecule has 0 bridgehead atoms. The highest BCUT2D eigenvalue weighted by Gasteiger charge is 2.26. The van der Waals surface area contributed by atoms with E-state index < -0.39 is 10.8 Å². The second-order valence-electron chi connectivity index (χ2n) is 6.55. The van der Waals surface area contributed by atoms with E-state index in [9.17, 15) is 14.9 Å². The van der Waals surface area contributed by atoms with Crippen LogP contribution in [-0.4, -0.2) is 51.9 Å². The molecule has 1 aliphatic rings. The Kier molecular flexibility index (Phi) is 4.88. The topological polar surface area (TPSA) is 106 Å². The third-order valence-corrected chi connectivity index (χ3v) is 4.25. The number of carbonyl (C=O) groups excluding carboxylic acids is 1. The largest absolute Gasteiger partial charge is 0.433 e. The van der Waals surface area contributed by atoms with Gasteiger partial charge >= 0.3 is 5.88 Å². The average molecular weight is 359 g/mol. The van der Waals surface area contributed by atoms with Gasteiger partial charge in [0.1, 0.15) is 16.6 Å². The average Bonchev–Trinajstić information content (AvgIpc) is 3.11. The van der Waals surface area contributed by atoms with E-state index in [1.807, 2.05) is 13.0 Å². The van der Waals surface area contributed by atoms with Crippen molar-refractivity contribution >= 4 is 17.6 Å². The van der Waals surface area contributed by atoms with Crippen LogP contribution in [0.1, 0.15) is 41.8 Å². The summed E-state index contributed by atoms with van der Waals surface area (Å²) in [5.41, 5.74) is 0.917. The number of nitrogens with zero attached hydrogens (tertiary/aromatic N) is 5. The summed E-state index contributed by atoms with van der Waals surface area (Å²) in [6, 6.07) is 4.48. The fourth-order valence-corrected chi connectivity index (χ4v) is 2.83. The van der Waals surface area contributed by atoms with Crippen molar-refractivity contribution in [1.29, 1.82) is 0 Å². The van der Waals surface area contributed by atoms with E-state index in [1.54, 1.807) is 4.90 Å². The van der Waals surface area contributed by atoms with E-state index in [2.05, 4.69) is 28.7 Å². The van der Waals surface area contributed by atoms with Gasteiger partial charge in [-0.3, -0.25) is 14.9 Å². The zero-order chi connectivity index (χ0) is 18.8. The van der Waals surface area contributed by atoms with Gasteiger partial charge in [-0.2, -0.15) is 0 Å². The standard InChI is InChI=1S/C17H21N5O4/c1-11(2)16-18-12(3)10-14(19-16)20-6-8-21(9-7-20)17(23)13-4-5-15(26-13)22(24)25/h4-5,10-11H,6-9H2,1-3H3. The van der Waals surface area contributed by atoms with Crippen LogP contribution >= 0.6 is 0 Å². The minimum atomic E-state index is -0.654. The Morgan fingerprint density at radius 1 is 1.23 bits per heavy atom. The normalized spacial score (nSPS) is 14.8. The molecule has 0 radical (unpaired) electrons. The highest BCUT2D eigenvalue weighted by atomic mass is 16.6. The van der Waals surface area contributed by atoms with Crippen molar-refractivity contribution < 1.29 is 14.1 Å². The Bertz CT molecular complexity index is 824. The SMILES string of the molecule is Cc1cc(N2CCN(C(=O)c3ccc([N+](=O)[O-])o3)CC2)nc(C(C)C)n1. The van der Waals surface area contributed by atoms with Gasteiger partial charge in [-0.25, -0.2) is 9.97 Å². The lowest BCUT2D eigenvalue weighted by Gasteiger charge is -2.35. The molecular formula is C17H21N5O4. The number of hydrogen-bond acceptors (Lipinski definition) is 7. The molecule has 9 nitrogen and oxygen atoms in total. The van der Waals surface area contributed by atoms with Crippen LogP contribution in [0.5, 0.6) is 0 Å². The van der Waals surface area contributed by atoms with Crippen molar-refractivity contribution in [1.82, 2.24) is 14.9 Å². The number of piperazine rings is 1. The number of furan rings is 1. The first-order valence-corrected chi connectivity index (χ1v) is 8.49. The first kappa shape index (κ1) is 17.8. The summed E-state index contributed by atoms with van der Waals surface area (Å²) in [5, 5.41) is 10.7. The Morgan fingerprint density at radius 3 is 2.50 bits per heavy atom. The predicted molar refractivity (Wildman–Crippen MR) is 94.3 cm³/mol. The second kappa shape index (κ2) is 7.11. The van der Waals surface area contributed by atoms with Gasteiger partial charge in [0, 0.05) is 43.9 Å². The summed E-state index contributed by atoms with van der Waals surface area (Å²) in [7, 11) is 0. The van der Waals surface area contributed by atoms with Crippen LogP contribution in [0.25, 0.3) is 0 Å². The lowest BCUT2D eigenvalue weighted by Crippen LogP contribution is -2.49. The lowest BCUT2D eigenvalue weighted by molar-refractivity contribution is -0.402. The maximum atomic E-state index is 12.4. The van der Waals surface area contributed by atoms with Gasteiger partial charge in [0.2, 0.25) is 0 Å². The van der Waals surface area contributed by atoms with E-state index in [0.717, 1.165) is 17.3 Å². The molecule has 1 aliphatic heterocycles. The summed E-state index contributed by atoms with van der Waals surface area (Å²) in [6.07, 6.45) is 0. The molecule has 0 atom stereocenters. The van der Waals surface area contributed by atoms with Crippen molar-refractivity contribution in [2.75, 3.05) is 31.1 Å². The molecule has 138 valence electrons. The van der Waals surface area contributed by atoms with Gasteiger partial charge in [0.15, 0.2) is 5.76 Å². The lowest BCUT2D eigenvalue weighted by atomic mass is 10.2. The zero-order valence-electron chi connectivity index (χ0n) is 15.0. The van der Waals surface area contributed by atoms with Crippen molar-refractivity contribution in [3.63, 3.8) is 0 Å². The molecule has 1 fully saturated rings. The maximum absolute atomic E-state index is 12.4. The number of rotatable bonds is 4. The van der Waals surface area contributed by atoms with Crippen LogP contribution in [0.15, 0.2) is 22.6 Å². The van der Waals surface area contributed by atoms with Gasteiger partial charge in [-0.1, -0.05) is 13.8 Å². The molecule has 3 rings (SSSR count). The second-order valence-corrected chi connectivity index (χ2v) is 6.55. The number of aryl methyl sites for hydroxylation is 1. The predicted octanol–water partition coefficient (Wildman–Crippen LogP) is 2.37. The van der Waals surface area contributed by atoms with Gasteiger partial charge in [0.25, 0.3) is 5.91 Å². The Morgan fingerprint density at radius 2 is 1.92 bits per heavy atom. The highest BCUT2D eigenvalue weighted by Crippen LogP contribution is 2.21. The highest BCUT2D eigenvalue weighted by molar-refractivity contribution is 5.92. The summed E-state index contributed by atoms with van der Waals surface area (Å²) in [6.45, 7) is 8.29. The minimum Gasteiger partial charge on any atom is -0.395 e. The number of aromatic nitrogens is 2. The zero-order valence-corrected chi connectivity index (χ0v) is 15.0.